The second kappa shape index (κ2) is 12.5. The fourth-order valence-electron chi connectivity index (χ4n) is 4.29. The molecule has 0 radical (unpaired) electrons. The average molecular weight is 603 g/mol. The lowest BCUT2D eigenvalue weighted by molar-refractivity contribution is -0.146. The number of nitrogens with one attached hydrogen (secondary N) is 1. The molecule has 216 valence electrons. The molecule has 13 nitrogen and oxygen atoms in total. The fraction of sp³-hybridized carbons (Fsp3) is 0.308. The molecule has 1 fully saturated rings. The summed E-state index contributed by atoms with van der Waals surface area (Å²) in [5.74, 6) is -0.319. The minimum Gasteiger partial charge on any atom is -0.460 e. The zero-order valence-electron chi connectivity index (χ0n) is 21.9. The van der Waals surface area contributed by atoms with Crippen LogP contribution in [0.4, 0.5) is 5.82 Å². The number of halogens is 1. The van der Waals surface area contributed by atoms with Gasteiger partial charge in [0.25, 0.3) is 0 Å². The summed E-state index contributed by atoms with van der Waals surface area (Å²) >= 11 is 5.99. The van der Waals surface area contributed by atoms with Gasteiger partial charge in [-0.3, -0.25) is 13.9 Å². The smallest absolute Gasteiger partial charge is 0.459 e. The lowest BCUT2D eigenvalue weighted by Gasteiger charge is -2.26. The summed E-state index contributed by atoms with van der Waals surface area (Å²) in [5, 5.41) is 12.7. The van der Waals surface area contributed by atoms with Gasteiger partial charge < -0.3 is 24.8 Å². The van der Waals surface area contributed by atoms with E-state index in [1.807, 2.05) is 30.3 Å². The van der Waals surface area contributed by atoms with Crippen molar-refractivity contribution < 1.29 is 33.0 Å². The third-order valence-corrected chi connectivity index (χ3v) is 8.14. The van der Waals surface area contributed by atoms with E-state index in [1.165, 1.54) is 13.3 Å². The maximum Gasteiger partial charge on any atom is 0.459 e. The molecular weight excluding hydrogens is 575 g/mol. The molecule has 41 heavy (non-hydrogen) atoms. The number of nitrogen functional groups attached to an aromatic ring is 1. The predicted octanol–water partition coefficient (Wildman–Crippen LogP) is 3.64. The number of carbonyl (C=O) groups is 1. The van der Waals surface area contributed by atoms with Crippen LogP contribution in [0.1, 0.15) is 25.1 Å². The van der Waals surface area contributed by atoms with Crippen LogP contribution < -0.4 is 15.3 Å². The van der Waals surface area contributed by atoms with Crippen molar-refractivity contribution in [2.45, 2.75) is 44.4 Å². The van der Waals surface area contributed by atoms with Gasteiger partial charge in [-0.1, -0.05) is 48.5 Å². The molecule has 2 unspecified atom stereocenters. The summed E-state index contributed by atoms with van der Waals surface area (Å²) in [6.45, 7) is 1.07. The van der Waals surface area contributed by atoms with Crippen molar-refractivity contribution in [2.24, 2.45) is 0 Å². The second-order valence-corrected chi connectivity index (χ2v) is 11.2. The molecule has 2 aromatic carbocycles. The molecule has 1 saturated heterocycles. The quantitative estimate of drug-likeness (QED) is 0.129. The van der Waals surface area contributed by atoms with Gasteiger partial charge in [-0.15, -0.1) is 0 Å². The van der Waals surface area contributed by atoms with E-state index < -0.39 is 44.8 Å². The van der Waals surface area contributed by atoms with Crippen LogP contribution in [0, 0.1) is 0 Å². The Labute approximate surface area is 240 Å². The molecule has 0 aliphatic carbocycles. The third kappa shape index (κ3) is 6.84. The number of ether oxygens (including phenoxy) is 2. The zero-order valence-corrected chi connectivity index (χ0v) is 23.5. The van der Waals surface area contributed by atoms with Crippen molar-refractivity contribution in [2.75, 3.05) is 12.3 Å². The van der Waals surface area contributed by atoms with Crippen molar-refractivity contribution in [1.29, 1.82) is 0 Å². The summed E-state index contributed by atoms with van der Waals surface area (Å²) in [6.07, 6.45) is -0.981. The lowest BCUT2D eigenvalue weighted by atomic mass is 10.2. The van der Waals surface area contributed by atoms with E-state index in [1.54, 1.807) is 34.9 Å². The Bertz CT molecular complexity index is 1540. The topological polar surface area (TPSA) is 173 Å². The highest BCUT2D eigenvalue weighted by Crippen LogP contribution is 2.49. The third-order valence-electron chi connectivity index (χ3n) is 6.26. The molecule has 4 aromatic rings. The number of rotatable bonds is 11. The molecule has 15 heteroatoms. The molecule has 4 N–H and O–H groups in total. The minimum absolute atomic E-state index is 0.0398. The van der Waals surface area contributed by atoms with Gasteiger partial charge in [-0.2, -0.15) is 15.1 Å². The first-order valence-electron chi connectivity index (χ1n) is 12.7. The molecule has 0 amide bonds. The van der Waals surface area contributed by atoms with Gasteiger partial charge in [-0.05, 0) is 36.2 Å². The van der Waals surface area contributed by atoms with Crippen LogP contribution in [0.25, 0.3) is 11.2 Å². The summed E-state index contributed by atoms with van der Waals surface area (Å²) in [5.41, 5.74) is 7.36. The molecular formula is C26H28ClN6O7P. The lowest BCUT2D eigenvalue weighted by Crippen LogP contribution is -2.37. The highest BCUT2D eigenvalue weighted by Gasteiger charge is 2.44. The van der Waals surface area contributed by atoms with Gasteiger partial charge in [0.15, 0.2) is 11.5 Å². The van der Waals surface area contributed by atoms with E-state index in [0.29, 0.717) is 11.2 Å². The largest absolute Gasteiger partial charge is 0.460 e. The van der Waals surface area contributed by atoms with Crippen molar-refractivity contribution in [3.63, 3.8) is 0 Å². The van der Waals surface area contributed by atoms with E-state index in [0.717, 1.165) is 5.56 Å². The molecule has 5 atom stereocenters. The van der Waals surface area contributed by atoms with E-state index >= 15 is 0 Å². The molecule has 3 heterocycles. The standard InChI is InChI=1S/C26H28ClN6O7P/c1-16(25(35)37-14-17-8-4-2-5-9-17)32-41(36,39-18-10-6-3-7-11-18)40-19-12-21(38-20(19)13-34)33-15-29-22-23(28)30-26(27)31-24(22)33/h2-11,15-16,19-21,34H,12-14H2,1H3,(H,32,36)(H2,28,30,31)/t16-,19?,20+,21+,41?/m0/s1. The number of imidazole rings is 1. The SMILES string of the molecule is C[C@H](NP(=O)(Oc1ccccc1)OC1C[C@H](n2cnc3c(N)nc(Cl)nc32)O[C@@H]1CO)C(=O)OCc1ccccc1. The minimum atomic E-state index is -4.25. The van der Waals surface area contributed by atoms with E-state index in [4.69, 9.17) is 35.9 Å². The Hall–Kier alpha value is -3.58. The number of aromatic nitrogens is 4. The van der Waals surface area contributed by atoms with Crippen LogP contribution in [0.2, 0.25) is 5.28 Å². The number of nitrogens with two attached hydrogens (primary N) is 1. The fourth-order valence-corrected chi connectivity index (χ4v) is 6.17. The van der Waals surface area contributed by atoms with Crippen LogP contribution in [-0.2, 0) is 30.0 Å². The van der Waals surface area contributed by atoms with Crippen LogP contribution in [0.3, 0.4) is 0 Å². The van der Waals surface area contributed by atoms with E-state index in [9.17, 15) is 14.5 Å². The summed E-state index contributed by atoms with van der Waals surface area (Å²) < 4.78 is 38.8. The van der Waals surface area contributed by atoms with Crippen LogP contribution in [-0.4, -0.2) is 55.5 Å². The van der Waals surface area contributed by atoms with Crippen LogP contribution >= 0.6 is 19.3 Å². The average Bonchev–Trinajstić information content (AvgIpc) is 3.56. The highest BCUT2D eigenvalue weighted by atomic mass is 35.5. The molecule has 0 bridgehead atoms. The van der Waals surface area contributed by atoms with Crippen molar-refractivity contribution in [3.05, 3.63) is 77.8 Å². The summed E-state index contributed by atoms with van der Waals surface area (Å²) in [7, 11) is -4.25. The predicted molar refractivity (Wildman–Crippen MR) is 149 cm³/mol. The van der Waals surface area contributed by atoms with E-state index in [2.05, 4.69) is 20.0 Å². The first-order chi connectivity index (χ1) is 19.7. The normalized spacial score (nSPS) is 20.9. The Morgan fingerprint density at radius 3 is 2.63 bits per heavy atom. The van der Waals surface area contributed by atoms with E-state index in [-0.39, 0.29) is 29.9 Å². The van der Waals surface area contributed by atoms with Gasteiger partial charge >= 0.3 is 13.7 Å². The number of hydrogen-bond acceptors (Lipinski definition) is 11. The van der Waals surface area contributed by atoms with Crippen LogP contribution in [0.5, 0.6) is 5.75 Å². The Kier molecular flexibility index (Phi) is 8.83. The summed E-state index contributed by atoms with van der Waals surface area (Å²) in [6, 6.07) is 16.4. The number of anilines is 1. The van der Waals surface area contributed by atoms with Gasteiger partial charge in [0, 0.05) is 6.42 Å². The first-order valence-corrected chi connectivity index (χ1v) is 14.6. The second-order valence-electron chi connectivity index (χ2n) is 9.24. The molecule has 0 spiro atoms. The number of para-hydroxylation sites is 1. The number of hydrogen-bond donors (Lipinski definition) is 3. The number of benzene rings is 2. The van der Waals surface area contributed by atoms with Gasteiger partial charge in [0.05, 0.1) is 12.9 Å². The van der Waals surface area contributed by atoms with Gasteiger partial charge in [-0.25, -0.2) is 9.55 Å². The number of fused-ring (bicyclic) bond motifs is 1. The number of aliphatic hydroxyl groups is 1. The molecule has 1 aliphatic heterocycles. The van der Waals surface area contributed by atoms with Gasteiger partial charge in [0.2, 0.25) is 5.28 Å². The van der Waals surface area contributed by atoms with Crippen molar-refractivity contribution >= 4 is 42.3 Å². The molecule has 5 rings (SSSR count). The monoisotopic (exact) mass is 602 g/mol. The van der Waals surface area contributed by atoms with Crippen molar-refractivity contribution in [1.82, 2.24) is 24.6 Å². The van der Waals surface area contributed by atoms with Gasteiger partial charge in [0.1, 0.15) is 42.4 Å². The summed E-state index contributed by atoms with van der Waals surface area (Å²) in [4.78, 5) is 25.1. The van der Waals surface area contributed by atoms with Crippen molar-refractivity contribution in [3.8, 4) is 5.75 Å². The Balaban J connectivity index is 1.34. The Morgan fingerprint density at radius 1 is 1.22 bits per heavy atom. The maximum absolute atomic E-state index is 14.1. The first kappa shape index (κ1) is 28.9. The highest BCUT2D eigenvalue weighted by molar-refractivity contribution is 7.52. The van der Waals surface area contributed by atoms with Crippen LogP contribution in [0.15, 0.2) is 67.0 Å². The number of carbonyl (C=O) groups excluding carboxylic acids is 1. The maximum atomic E-state index is 14.1. The Morgan fingerprint density at radius 2 is 1.93 bits per heavy atom. The molecule has 1 aliphatic rings. The number of esters is 1. The molecule has 0 saturated carbocycles. The molecule has 2 aromatic heterocycles. The number of nitrogens with zero attached hydrogens (tertiary/aromatic N) is 4. The zero-order chi connectivity index (χ0) is 29.0. The number of aliphatic hydroxyl groups excluding tert-OH is 1.